The van der Waals surface area contributed by atoms with Crippen LogP contribution in [0.1, 0.15) is 12.0 Å². The van der Waals surface area contributed by atoms with Gasteiger partial charge in [0.2, 0.25) is 15.9 Å². The Kier molecular flexibility index (Phi) is 5.69. The fraction of sp³-hybridized carbons (Fsp3) is 0.250. The molecule has 0 saturated carbocycles. The molecule has 0 bridgehead atoms. The zero-order valence-electron chi connectivity index (χ0n) is 16.7. The molecule has 29 heavy (non-hydrogen) atoms. The molecule has 0 unspecified atom stereocenters. The Hall–Kier alpha value is -3.20. The van der Waals surface area contributed by atoms with Gasteiger partial charge >= 0.3 is 0 Å². The highest BCUT2D eigenvalue weighted by Gasteiger charge is 2.28. The molecular formula is C20H23N3O5S. The van der Waals surface area contributed by atoms with Crippen molar-refractivity contribution in [1.82, 2.24) is 10.4 Å². The molecular weight excluding hydrogens is 394 g/mol. The molecule has 1 aliphatic heterocycles. The summed E-state index contributed by atoms with van der Waals surface area (Å²) in [7, 11) is 1.20. The number of sulfonamides is 1. The smallest absolute Gasteiger partial charge is 0.246 e. The maximum atomic E-state index is 12.0. The van der Waals surface area contributed by atoms with Gasteiger partial charge in [0.1, 0.15) is 23.0 Å². The maximum Gasteiger partial charge on any atom is 0.246 e. The fourth-order valence-electron chi connectivity index (χ4n) is 2.99. The number of hydrogen-bond donors (Lipinski definition) is 1. The highest BCUT2D eigenvalue weighted by molar-refractivity contribution is 7.92. The van der Waals surface area contributed by atoms with Gasteiger partial charge in [0, 0.05) is 19.7 Å². The van der Waals surface area contributed by atoms with E-state index in [1.54, 1.807) is 30.3 Å². The lowest BCUT2D eigenvalue weighted by Gasteiger charge is -2.31. The minimum Gasteiger partial charge on any atom is -0.498 e. The van der Waals surface area contributed by atoms with Crippen LogP contribution in [0.2, 0.25) is 0 Å². The summed E-state index contributed by atoms with van der Waals surface area (Å²) < 4.78 is 36.7. The van der Waals surface area contributed by atoms with E-state index in [2.05, 4.69) is 5.43 Å². The molecule has 8 nitrogen and oxygen atoms in total. The van der Waals surface area contributed by atoms with Crippen molar-refractivity contribution in [3.63, 3.8) is 0 Å². The van der Waals surface area contributed by atoms with Crippen molar-refractivity contribution in [1.29, 1.82) is 0 Å². The monoisotopic (exact) mass is 417 g/mol. The summed E-state index contributed by atoms with van der Waals surface area (Å²) in [5, 5.41) is 1.54. The summed E-state index contributed by atoms with van der Waals surface area (Å²) in [5.74, 6) is 1.37. The van der Waals surface area contributed by atoms with Crippen molar-refractivity contribution in [2.24, 2.45) is 0 Å². The lowest BCUT2D eigenvalue weighted by atomic mass is 10.1. The Balaban J connectivity index is 2.18. The van der Waals surface area contributed by atoms with E-state index < -0.39 is 10.0 Å². The number of nitrogens with zero attached hydrogens (tertiary/aromatic N) is 2. The van der Waals surface area contributed by atoms with Crippen molar-refractivity contribution in [3.05, 3.63) is 59.9 Å². The fourth-order valence-corrected chi connectivity index (χ4v) is 3.49. The zero-order chi connectivity index (χ0) is 21.2. The van der Waals surface area contributed by atoms with Crippen LogP contribution in [-0.2, 0) is 19.6 Å². The van der Waals surface area contributed by atoms with E-state index >= 15 is 0 Å². The summed E-state index contributed by atoms with van der Waals surface area (Å²) in [6.07, 6.45) is 1.20. The predicted octanol–water partition coefficient (Wildman–Crippen LogP) is 2.56. The second-order valence-corrected chi connectivity index (χ2v) is 8.59. The summed E-state index contributed by atoms with van der Waals surface area (Å²) in [6.45, 7) is 0. The van der Waals surface area contributed by atoms with E-state index in [0.29, 0.717) is 34.2 Å². The van der Waals surface area contributed by atoms with Crippen LogP contribution in [-0.4, -0.2) is 46.8 Å². The van der Waals surface area contributed by atoms with Gasteiger partial charge in [0.05, 0.1) is 25.5 Å². The number of carbonyl (C=O) groups is 1. The van der Waals surface area contributed by atoms with Gasteiger partial charge in [-0.25, -0.2) is 8.42 Å². The van der Waals surface area contributed by atoms with Crippen molar-refractivity contribution >= 4 is 27.3 Å². The first kappa shape index (κ1) is 20.5. The molecule has 0 atom stereocenters. The molecule has 0 spiro atoms. The van der Waals surface area contributed by atoms with E-state index in [9.17, 15) is 13.2 Å². The number of amides is 1. The van der Waals surface area contributed by atoms with Gasteiger partial charge in [-0.1, -0.05) is 18.2 Å². The summed E-state index contributed by atoms with van der Waals surface area (Å²) >= 11 is 0. The quantitative estimate of drug-likeness (QED) is 0.777. The third-order valence-electron chi connectivity index (χ3n) is 4.51. The summed E-state index contributed by atoms with van der Waals surface area (Å²) in [6, 6.07) is 14.3. The molecule has 2 aromatic carbocycles. The number of benzene rings is 2. The molecule has 2 aromatic rings. The number of nitrogens with one attached hydrogen (secondary N) is 1. The molecule has 3 rings (SSSR count). The molecule has 1 heterocycles. The Labute approximate surface area is 170 Å². The van der Waals surface area contributed by atoms with E-state index in [0.717, 1.165) is 6.26 Å². The van der Waals surface area contributed by atoms with E-state index in [-0.39, 0.29) is 12.3 Å². The molecule has 154 valence electrons. The van der Waals surface area contributed by atoms with E-state index in [1.807, 2.05) is 30.3 Å². The Morgan fingerprint density at radius 2 is 1.83 bits per heavy atom. The first-order chi connectivity index (χ1) is 13.7. The van der Waals surface area contributed by atoms with Gasteiger partial charge < -0.3 is 9.47 Å². The summed E-state index contributed by atoms with van der Waals surface area (Å²) in [4.78, 5) is 11.9. The molecule has 1 aliphatic rings. The van der Waals surface area contributed by atoms with Crippen LogP contribution in [0.3, 0.4) is 0 Å². The SMILES string of the molecule is COC1=C(c2cc(N(C)S(C)(=O)=O)ccc2Oc2ccccc2)N(C)NC(=O)C1. The average molecular weight is 417 g/mol. The van der Waals surface area contributed by atoms with Gasteiger partial charge in [-0.05, 0) is 30.3 Å². The largest absolute Gasteiger partial charge is 0.498 e. The number of methoxy groups -OCH3 is 1. The third kappa shape index (κ3) is 4.45. The van der Waals surface area contributed by atoms with Crippen LogP contribution >= 0.6 is 0 Å². The Morgan fingerprint density at radius 3 is 2.45 bits per heavy atom. The van der Waals surface area contributed by atoms with Gasteiger partial charge in [-0.15, -0.1) is 0 Å². The van der Waals surface area contributed by atoms with Crippen molar-refractivity contribution < 1.29 is 22.7 Å². The van der Waals surface area contributed by atoms with Crippen molar-refractivity contribution in [2.75, 3.05) is 31.8 Å². The number of hydrogen-bond acceptors (Lipinski definition) is 6. The van der Waals surface area contributed by atoms with Crippen molar-refractivity contribution in [3.8, 4) is 11.5 Å². The number of rotatable bonds is 6. The second kappa shape index (κ2) is 8.04. The molecule has 0 radical (unpaired) electrons. The third-order valence-corrected chi connectivity index (χ3v) is 5.72. The molecule has 1 amide bonds. The van der Waals surface area contributed by atoms with E-state index in [1.165, 1.54) is 18.5 Å². The zero-order valence-corrected chi connectivity index (χ0v) is 17.5. The van der Waals surface area contributed by atoms with Gasteiger partial charge in [0.15, 0.2) is 0 Å². The molecule has 1 N–H and O–H groups in total. The van der Waals surface area contributed by atoms with Gasteiger partial charge in [0.25, 0.3) is 0 Å². The highest BCUT2D eigenvalue weighted by atomic mass is 32.2. The number of hydrazine groups is 1. The van der Waals surface area contributed by atoms with Crippen molar-refractivity contribution in [2.45, 2.75) is 6.42 Å². The second-order valence-electron chi connectivity index (χ2n) is 6.57. The number of anilines is 1. The maximum absolute atomic E-state index is 12.0. The minimum absolute atomic E-state index is 0.0626. The number of carbonyl (C=O) groups excluding carboxylic acids is 1. The van der Waals surface area contributed by atoms with Crippen LogP contribution < -0.4 is 14.5 Å². The first-order valence-electron chi connectivity index (χ1n) is 8.82. The minimum atomic E-state index is -3.45. The molecule has 0 aromatic heterocycles. The Bertz CT molecular complexity index is 1050. The first-order valence-corrected chi connectivity index (χ1v) is 10.7. The molecule has 9 heteroatoms. The normalized spacial score (nSPS) is 14.5. The molecule has 0 saturated heterocycles. The molecule has 0 fully saturated rings. The highest BCUT2D eigenvalue weighted by Crippen LogP contribution is 2.37. The van der Waals surface area contributed by atoms with E-state index in [4.69, 9.17) is 9.47 Å². The number of para-hydroxylation sites is 1. The van der Waals surface area contributed by atoms with Gasteiger partial charge in [-0.3, -0.25) is 19.5 Å². The van der Waals surface area contributed by atoms with Crippen LogP contribution in [0.15, 0.2) is 54.3 Å². The topological polar surface area (TPSA) is 88.2 Å². The Morgan fingerprint density at radius 1 is 1.14 bits per heavy atom. The van der Waals surface area contributed by atoms with Crippen LogP contribution in [0.5, 0.6) is 11.5 Å². The average Bonchev–Trinajstić information content (AvgIpc) is 2.67. The molecule has 0 aliphatic carbocycles. The van der Waals surface area contributed by atoms with Crippen LogP contribution in [0.4, 0.5) is 5.69 Å². The lowest BCUT2D eigenvalue weighted by Crippen LogP contribution is -2.42. The lowest BCUT2D eigenvalue weighted by molar-refractivity contribution is -0.125. The summed E-state index contributed by atoms with van der Waals surface area (Å²) in [5.41, 5.74) is 4.36. The predicted molar refractivity (Wildman–Crippen MR) is 111 cm³/mol. The van der Waals surface area contributed by atoms with Gasteiger partial charge in [-0.2, -0.15) is 0 Å². The van der Waals surface area contributed by atoms with Crippen LogP contribution in [0, 0.1) is 0 Å². The standard InChI is InChI=1S/C20H23N3O5S/c1-22-20(18(27-3)13-19(24)21-22)16-12-14(23(2)29(4,25)26)10-11-17(16)28-15-8-6-5-7-9-15/h5-12H,13H2,1-4H3,(H,21,24). The number of ether oxygens (including phenoxy) is 2. The van der Waals surface area contributed by atoms with Crippen LogP contribution in [0.25, 0.3) is 5.70 Å².